The first-order valence-electron chi connectivity index (χ1n) is 8.72. The molecule has 1 aliphatic rings. The quantitative estimate of drug-likeness (QED) is 0.596. The Morgan fingerprint density at radius 2 is 1.71 bits per heavy atom. The van der Waals surface area contributed by atoms with Gasteiger partial charge in [0.15, 0.2) is 0 Å². The summed E-state index contributed by atoms with van der Waals surface area (Å²) < 4.78 is 26.5. The largest absolute Gasteiger partial charge is 0.480 e. The van der Waals surface area contributed by atoms with Gasteiger partial charge in [-0.25, -0.2) is 4.72 Å². The molecule has 2 aromatic rings. The Morgan fingerprint density at radius 3 is 2.29 bits per heavy atom. The van der Waals surface area contributed by atoms with Gasteiger partial charge in [-0.05, 0) is 23.1 Å². The summed E-state index contributed by atoms with van der Waals surface area (Å²) in [6, 6.07) is 15.8. The fourth-order valence-electron chi connectivity index (χ4n) is 2.93. The van der Waals surface area contributed by atoms with E-state index in [-0.39, 0.29) is 13.1 Å². The number of aliphatic carboxylic acids is 1. The van der Waals surface area contributed by atoms with Gasteiger partial charge in [-0.1, -0.05) is 54.6 Å². The molecule has 2 aromatic carbocycles. The monoisotopic (exact) mass is 403 g/mol. The summed E-state index contributed by atoms with van der Waals surface area (Å²) in [6.45, 7) is 0.276. The van der Waals surface area contributed by atoms with Crippen molar-refractivity contribution in [3.8, 4) is 0 Å². The van der Waals surface area contributed by atoms with Crippen molar-refractivity contribution in [3.63, 3.8) is 0 Å². The van der Waals surface area contributed by atoms with E-state index in [0.717, 1.165) is 21.0 Å². The predicted molar refractivity (Wildman–Crippen MR) is 102 cm³/mol. The van der Waals surface area contributed by atoms with Gasteiger partial charge in [0.25, 0.3) is 0 Å². The lowest BCUT2D eigenvalue weighted by Crippen LogP contribution is -2.38. The van der Waals surface area contributed by atoms with Gasteiger partial charge in [-0.2, -0.15) is 12.7 Å². The molecule has 1 saturated heterocycles. The summed E-state index contributed by atoms with van der Waals surface area (Å²) in [5.41, 5.74) is 2.55. The zero-order chi connectivity index (χ0) is 20.1. The average molecular weight is 403 g/mol. The smallest absolute Gasteiger partial charge is 0.321 e. The zero-order valence-corrected chi connectivity index (χ0v) is 15.9. The van der Waals surface area contributed by atoms with Gasteiger partial charge in [0.2, 0.25) is 5.91 Å². The van der Waals surface area contributed by atoms with Crippen molar-refractivity contribution in [3.05, 3.63) is 71.3 Å². The first kappa shape index (κ1) is 20.0. The molecule has 1 heterocycles. The minimum atomic E-state index is -3.75. The fourth-order valence-corrected chi connectivity index (χ4v) is 4.02. The minimum Gasteiger partial charge on any atom is -0.480 e. The molecule has 148 valence electrons. The topological polar surface area (TPSA) is 116 Å². The molecule has 0 saturated carbocycles. The van der Waals surface area contributed by atoms with Crippen LogP contribution < -0.4 is 10.0 Å². The SMILES string of the molecule is O=C1CN(Cc2ccc(CN[C@H](Cc3ccccc3)C(=O)O)cc2)S(=O)(=O)N1. The Labute approximate surface area is 163 Å². The number of amides is 1. The van der Waals surface area contributed by atoms with E-state index in [4.69, 9.17) is 0 Å². The predicted octanol–water partition coefficient (Wildman–Crippen LogP) is 0.649. The third-order valence-electron chi connectivity index (χ3n) is 4.42. The molecule has 0 aromatic heterocycles. The molecular formula is C19H21N3O5S. The maximum absolute atomic E-state index is 11.8. The summed E-state index contributed by atoms with van der Waals surface area (Å²) >= 11 is 0. The van der Waals surface area contributed by atoms with Crippen molar-refractivity contribution in [1.29, 1.82) is 0 Å². The Hall–Kier alpha value is -2.75. The summed E-state index contributed by atoms with van der Waals surface area (Å²) in [4.78, 5) is 22.8. The Morgan fingerprint density at radius 1 is 1.07 bits per heavy atom. The van der Waals surface area contributed by atoms with Crippen molar-refractivity contribution in [2.75, 3.05) is 6.54 Å². The van der Waals surface area contributed by atoms with Crippen LogP contribution in [0.5, 0.6) is 0 Å². The number of hydrogen-bond acceptors (Lipinski definition) is 5. The molecule has 1 amide bonds. The Kier molecular flexibility index (Phi) is 6.08. The van der Waals surface area contributed by atoms with Gasteiger partial charge in [-0.3, -0.25) is 9.59 Å². The third kappa shape index (κ3) is 5.16. The number of nitrogens with one attached hydrogen (secondary N) is 2. The molecular weight excluding hydrogens is 382 g/mol. The molecule has 0 radical (unpaired) electrons. The van der Waals surface area contributed by atoms with E-state index < -0.39 is 28.1 Å². The van der Waals surface area contributed by atoms with Crippen molar-refractivity contribution in [1.82, 2.24) is 14.3 Å². The van der Waals surface area contributed by atoms with Gasteiger partial charge >= 0.3 is 16.2 Å². The van der Waals surface area contributed by atoms with E-state index in [1.54, 1.807) is 12.1 Å². The number of nitrogens with zero attached hydrogens (tertiary/aromatic N) is 1. The first-order chi connectivity index (χ1) is 13.3. The second-order valence-electron chi connectivity index (χ2n) is 6.58. The van der Waals surface area contributed by atoms with Crippen molar-refractivity contribution in [2.45, 2.75) is 25.6 Å². The van der Waals surface area contributed by atoms with E-state index in [1.807, 2.05) is 47.2 Å². The molecule has 1 aliphatic heterocycles. The van der Waals surface area contributed by atoms with Crippen LogP contribution in [0.1, 0.15) is 16.7 Å². The molecule has 9 heteroatoms. The maximum atomic E-state index is 11.8. The van der Waals surface area contributed by atoms with E-state index in [2.05, 4.69) is 5.32 Å². The highest BCUT2D eigenvalue weighted by Crippen LogP contribution is 2.13. The second kappa shape index (κ2) is 8.51. The number of carboxylic acid groups (broad SMARTS) is 1. The van der Waals surface area contributed by atoms with Gasteiger partial charge in [0.1, 0.15) is 6.04 Å². The number of carboxylic acids is 1. The third-order valence-corrected chi connectivity index (χ3v) is 5.84. The molecule has 1 fully saturated rings. The van der Waals surface area contributed by atoms with Gasteiger partial charge in [-0.15, -0.1) is 0 Å². The lowest BCUT2D eigenvalue weighted by atomic mass is 10.1. The molecule has 0 spiro atoms. The van der Waals surface area contributed by atoms with Crippen LogP contribution in [0.2, 0.25) is 0 Å². The van der Waals surface area contributed by atoms with Crippen molar-refractivity contribution >= 4 is 22.1 Å². The number of carbonyl (C=O) groups is 2. The van der Waals surface area contributed by atoms with Crippen molar-refractivity contribution < 1.29 is 23.1 Å². The van der Waals surface area contributed by atoms with Gasteiger partial charge in [0.05, 0.1) is 6.54 Å². The average Bonchev–Trinajstić information content (AvgIpc) is 2.91. The molecule has 0 unspecified atom stereocenters. The van der Waals surface area contributed by atoms with E-state index in [1.165, 1.54) is 0 Å². The fraction of sp³-hybridized carbons (Fsp3) is 0.263. The molecule has 0 bridgehead atoms. The van der Waals surface area contributed by atoms with Gasteiger partial charge in [0, 0.05) is 13.1 Å². The van der Waals surface area contributed by atoms with Crippen LogP contribution >= 0.6 is 0 Å². The normalized spacial score (nSPS) is 17.2. The lowest BCUT2D eigenvalue weighted by molar-refractivity contribution is -0.139. The van der Waals surface area contributed by atoms with E-state index in [0.29, 0.717) is 13.0 Å². The van der Waals surface area contributed by atoms with Crippen molar-refractivity contribution in [2.24, 2.45) is 0 Å². The van der Waals surface area contributed by atoms with Crippen LogP contribution in [0, 0.1) is 0 Å². The first-order valence-corrected chi connectivity index (χ1v) is 10.2. The van der Waals surface area contributed by atoms with Crippen LogP contribution in [0.25, 0.3) is 0 Å². The highest BCUT2D eigenvalue weighted by molar-refractivity contribution is 7.88. The van der Waals surface area contributed by atoms with Crippen LogP contribution in [0.15, 0.2) is 54.6 Å². The maximum Gasteiger partial charge on any atom is 0.321 e. The van der Waals surface area contributed by atoms with Crippen LogP contribution in [0.3, 0.4) is 0 Å². The molecule has 1 atom stereocenters. The number of carbonyl (C=O) groups excluding carboxylic acids is 1. The second-order valence-corrected chi connectivity index (χ2v) is 8.25. The molecule has 8 nitrogen and oxygen atoms in total. The summed E-state index contributed by atoms with van der Waals surface area (Å²) in [7, 11) is -3.75. The van der Waals surface area contributed by atoms with Crippen LogP contribution in [-0.2, 0) is 39.3 Å². The molecule has 0 aliphatic carbocycles. The van der Waals surface area contributed by atoms with E-state index in [9.17, 15) is 23.1 Å². The molecule has 3 rings (SSSR count). The zero-order valence-electron chi connectivity index (χ0n) is 15.0. The summed E-state index contributed by atoms with van der Waals surface area (Å²) in [5.74, 6) is -1.46. The molecule has 28 heavy (non-hydrogen) atoms. The van der Waals surface area contributed by atoms with E-state index >= 15 is 0 Å². The summed E-state index contributed by atoms with van der Waals surface area (Å²) in [6.07, 6.45) is 0.377. The van der Waals surface area contributed by atoms with Gasteiger partial charge < -0.3 is 10.4 Å². The van der Waals surface area contributed by atoms with Crippen LogP contribution in [-0.4, -0.2) is 42.3 Å². The Balaban J connectivity index is 1.57. The highest BCUT2D eigenvalue weighted by atomic mass is 32.2. The van der Waals surface area contributed by atoms with Crippen LogP contribution in [0.4, 0.5) is 0 Å². The number of benzene rings is 2. The standard InChI is InChI=1S/C19H21N3O5S/c23-18-13-22(28(26,27)21-18)12-16-8-6-15(7-9-16)11-20-17(19(24)25)10-14-4-2-1-3-5-14/h1-9,17,20H,10-13H2,(H,21,23)(H,24,25)/t17-/m1/s1. The minimum absolute atomic E-state index is 0.0978. The lowest BCUT2D eigenvalue weighted by Gasteiger charge is -2.15. The summed E-state index contributed by atoms with van der Waals surface area (Å²) in [5, 5.41) is 12.5. The molecule has 3 N–H and O–H groups in total. The number of hydrogen-bond donors (Lipinski definition) is 3. The highest BCUT2D eigenvalue weighted by Gasteiger charge is 2.33. The Bertz CT molecular complexity index is 945. The number of rotatable bonds is 8.